The van der Waals surface area contributed by atoms with Crippen molar-refractivity contribution in [2.75, 3.05) is 6.61 Å². The van der Waals surface area contributed by atoms with E-state index in [1.807, 2.05) is 0 Å². The van der Waals surface area contributed by atoms with Gasteiger partial charge in [0.05, 0.1) is 19.0 Å². The van der Waals surface area contributed by atoms with Crippen LogP contribution in [0.5, 0.6) is 11.5 Å². The number of benzene rings is 2. The Bertz CT molecular complexity index is 1150. The van der Waals surface area contributed by atoms with Crippen LogP contribution in [-0.4, -0.2) is 104 Å². The van der Waals surface area contributed by atoms with Crippen molar-refractivity contribution < 1.29 is 59.4 Å². The fourth-order valence-corrected chi connectivity index (χ4v) is 4.78. The molecule has 3 heterocycles. The van der Waals surface area contributed by atoms with Crippen molar-refractivity contribution in [2.24, 2.45) is 0 Å². The van der Waals surface area contributed by atoms with Gasteiger partial charge >= 0.3 is 0 Å². The Kier molecular flexibility index (Phi) is 7.29. The van der Waals surface area contributed by atoms with Crippen molar-refractivity contribution >= 4 is 16.8 Å². The molecule has 202 valence electrons. The standard InChI is InChI=1S/C25H30O12/c1-10-16(27)18(29)20(31)24(34-10)37-23-12-5-3-2-4-11(12)22(13-6-7-33-9-14(13)23)36-25-21(32)19(30)17(28)15(8-26)35-25/h2-7,10,15-21,24-32H,8-9H2,1H3/t10-,15-,16-,17-,18+,19+,20-,21-,24+,25+/m1/s1. The van der Waals surface area contributed by atoms with E-state index in [1.165, 1.54) is 6.26 Å². The highest BCUT2D eigenvalue weighted by Gasteiger charge is 2.46. The fourth-order valence-electron chi connectivity index (χ4n) is 4.78. The predicted octanol–water partition coefficient (Wildman–Crippen LogP) is -1.27. The SMILES string of the molecule is C[C@H]1O[C@@H](Oc2c3c(c(O[C@@H]4O[C@H](CO)[C@@H](O)[C@H](O)[C@H]4O)c4ccccc24)C=COC3)[C@H](O)[C@@H](O)[C@@H]1O. The summed E-state index contributed by atoms with van der Waals surface area (Å²) in [5, 5.41) is 72.2. The maximum atomic E-state index is 10.5. The van der Waals surface area contributed by atoms with Crippen LogP contribution in [0.4, 0.5) is 0 Å². The second-order valence-electron chi connectivity index (χ2n) is 9.32. The summed E-state index contributed by atoms with van der Waals surface area (Å²) < 4.78 is 28.9. The van der Waals surface area contributed by atoms with E-state index in [-0.39, 0.29) is 18.1 Å². The lowest BCUT2D eigenvalue weighted by Gasteiger charge is -2.40. The molecule has 0 aromatic heterocycles. The molecule has 3 aliphatic rings. The van der Waals surface area contributed by atoms with Crippen LogP contribution in [0.15, 0.2) is 30.5 Å². The van der Waals surface area contributed by atoms with Crippen LogP contribution in [0.1, 0.15) is 18.1 Å². The molecule has 12 nitrogen and oxygen atoms in total. The van der Waals surface area contributed by atoms with Gasteiger partial charge in [-0.2, -0.15) is 0 Å². The first-order valence-corrected chi connectivity index (χ1v) is 11.9. The molecule has 2 aromatic carbocycles. The van der Waals surface area contributed by atoms with E-state index in [1.54, 1.807) is 37.3 Å². The Morgan fingerprint density at radius 2 is 1.38 bits per heavy atom. The first-order valence-electron chi connectivity index (χ1n) is 11.9. The molecule has 5 rings (SSSR count). The van der Waals surface area contributed by atoms with E-state index in [9.17, 15) is 35.7 Å². The summed E-state index contributed by atoms with van der Waals surface area (Å²) in [6, 6.07) is 6.95. The zero-order chi connectivity index (χ0) is 26.4. The molecule has 3 aliphatic heterocycles. The number of fused-ring (bicyclic) bond motifs is 2. The molecule has 0 bridgehead atoms. The van der Waals surface area contributed by atoms with E-state index in [0.29, 0.717) is 21.9 Å². The Balaban J connectivity index is 1.57. The van der Waals surface area contributed by atoms with Crippen LogP contribution in [0.25, 0.3) is 16.8 Å². The topological polar surface area (TPSA) is 188 Å². The number of ether oxygens (including phenoxy) is 5. The lowest BCUT2D eigenvalue weighted by atomic mass is 9.96. The average Bonchev–Trinajstić information content (AvgIpc) is 2.91. The Morgan fingerprint density at radius 1 is 0.784 bits per heavy atom. The lowest BCUT2D eigenvalue weighted by molar-refractivity contribution is -0.277. The Labute approximate surface area is 211 Å². The monoisotopic (exact) mass is 522 g/mol. The molecule has 0 saturated carbocycles. The fraction of sp³-hybridized carbons (Fsp3) is 0.520. The molecule has 12 heteroatoms. The average molecular weight is 523 g/mol. The first kappa shape index (κ1) is 26.1. The number of hydrogen-bond donors (Lipinski definition) is 7. The van der Waals surface area contributed by atoms with Gasteiger partial charge in [-0.25, -0.2) is 0 Å². The highest BCUT2D eigenvalue weighted by Crippen LogP contribution is 2.45. The van der Waals surface area contributed by atoms with Gasteiger partial charge in [0, 0.05) is 21.9 Å². The lowest BCUT2D eigenvalue weighted by Crippen LogP contribution is -2.60. The molecule has 0 unspecified atom stereocenters. The van der Waals surface area contributed by atoms with Crippen LogP contribution in [0.3, 0.4) is 0 Å². The highest BCUT2D eigenvalue weighted by molar-refractivity contribution is 5.98. The zero-order valence-electron chi connectivity index (χ0n) is 19.8. The molecule has 7 N–H and O–H groups in total. The van der Waals surface area contributed by atoms with Gasteiger partial charge in [-0.3, -0.25) is 0 Å². The molecule has 2 aromatic rings. The van der Waals surface area contributed by atoms with Gasteiger partial charge in [0.2, 0.25) is 12.6 Å². The summed E-state index contributed by atoms with van der Waals surface area (Å²) in [5.74, 6) is 0.548. The van der Waals surface area contributed by atoms with E-state index in [2.05, 4.69) is 0 Å². The van der Waals surface area contributed by atoms with Gasteiger partial charge in [-0.15, -0.1) is 0 Å². The van der Waals surface area contributed by atoms with Crippen molar-refractivity contribution in [1.82, 2.24) is 0 Å². The third-order valence-electron chi connectivity index (χ3n) is 6.94. The summed E-state index contributed by atoms with van der Waals surface area (Å²) in [7, 11) is 0. The van der Waals surface area contributed by atoms with Gasteiger partial charge in [0.15, 0.2) is 0 Å². The van der Waals surface area contributed by atoms with Crippen LogP contribution in [0, 0.1) is 0 Å². The molecule has 10 atom stereocenters. The minimum absolute atomic E-state index is 0.0423. The molecule has 0 amide bonds. The second kappa shape index (κ2) is 10.3. The normalized spacial score (nSPS) is 37.6. The van der Waals surface area contributed by atoms with E-state index in [4.69, 9.17) is 23.7 Å². The summed E-state index contributed by atoms with van der Waals surface area (Å²) in [4.78, 5) is 0. The highest BCUT2D eigenvalue weighted by atomic mass is 16.7. The van der Waals surface area contributed by atoms with Crippen molar-refractivity contribution in [2.45, 2.75) is 74.9 Å². The van der Waals surface area contributed by atoms with Crippen LogP contribution in [0.2, 0.25) is 0 Å². The molecular formula is C25H30O12. The molecule has 0 spiro atoms. The third-order valence-corrected chi connectivity index (χ3v) is 6.94. The number of hydrogen-bond acceptors (Lipinski definition) is 12. The molecular weight excluding hydrogens is 492 g/mol. The largest absolute Gasteiger partial charge is 0.496 e. The minimum atomic E-state index is -1.62. The number of rotatable bonds is 5. The second-order valence-corrected chi connectivity index (χ2v) is 9.32. The van der Waals surface area contributed by atoms with Crippen LogP contribution >= 0.6 is 0 Å². The predicted molar refractivity (Wildman–Crippen MR) is 125 cm³/mol. The van der Waals surface area contributed by atoms with Crippen molar-refractivity contribution in [1.29, 1.82) is 0 Å². The molecule has 37 heavy (non-hydrogen) atoms. The van der Waals surface area contributed by atoms with E-state index < -0.39 is 68.0 Å². The quantitative estimate of drug-likeness (QED) is 0.247. The van der Waals surface area contributed by atoms with Crippen LogP contribution in [-0.2, 0) is 20.8 Å². The summed E-state index contributed by atoms with van der Waals surface area (Å²) >= 11 is 0. The van der Waals surface area contributed by atoms with Gasteiger partial charge in [0.25, 0.3) is 0 Å². The van der Waals surface area contributed by atoms with E-state index in [0.717, 1.165) is 0 Å². The molecule has 0 aliphatic carbocycles. The zero-order valence-corrected chi connectivity index (χ0v) is 19.8. The smallest absolute Gasteiger partial charge is 0.229 e. The summed E-state index contributed by atoms with van der Waals surface area (Å²) in [5.41, 5.74) is 1.00. The van der Waals surface area contributed by atoms with Gasteiger partial charge < -0.3 is 59.4 Å². The first-order chi connectivity index (χ1) is 17.7. The summed E-state index contributed by atoms with van der Waals surface area (Å²) in [6.45, 7) is 0.987. The van der Waals surface area contributed by atoms with Gasteiger partial charge in [0.1, 0.15) is 60.8 Å². The third kappa shape index (κ3) is 4.54. The minimum Gasteiger partial charge on any atom is -0.496 e. The molecule has 0 radical (unpaired) electrons. The molecule has 2 fully saturated rings. The maximum Gasteiger partial charge on any atom is 0.229 e. The molecule has 2 saturated heterocycles. The maximum absolute atomic E-state index is 10.5. The Hall–Kier alpha value is -2.52. The van der Waals surface area contributed by atoms with E-state index >= 15 is 0 Å². The Morgan fingerprint density at radius 3 is 2.05 bits per heavy atom. The van der Waals surface area contributed by atoms with Gasteiger partial charge in [-0.1, -0.05) is 24.3 Å². The van der Waals surface area contributed by atoms with Crippen LogP contribution < -0.4 is 9.47 Å². The summed E-state index contributed by atoms with van der Waals surface area (Å²) in [6.07, 6.45) is -10.7. The van der Waals surface area contributed by atoms with Gasteiger partial charge in [-0.05, 0) is 13.0 Å². The van der Waals surface area contributed by atoms with Crippen molar-refractivity contribution in [3.05, 3.63) is 41.7 Å². The van der Waals surface area contributed by atoms with Crippen molar-refractivity contribution in [3.63, 3.8) is 0 Å². The number of aliphatic hydroxyl groups is 7. The number of aliphatic hydroxyl groups excluding tert-OH is 7. The van der Waals surface area contributed by atoms with Crippen molar-refractivity contribution in [3.8, 4) is 11.5 Å².